The lowest BCUT2D eigenvalue weighted by Gasteiger charge is -2.42. The zero-order chi connectivity index (χ0) is 28.3. The molecular formula is C31H34N4O4S. The lowest BCUT2D eigenvalue weighted by atomic mass is 10.1. The van der Waals surface area contributed by atoms with E-state index in [1.807, 2.05) is 36.4 Å². The van der Waals surface area contributed by atoms with Gasteiger partial charge < -0.3 is 14.4 Å². The van der Waals surface area contributed by atoms with Crippen LogP contribution in [0.4, 0.5) is 5.69 Å². The van der Waals surface area contributed by atoms with Gasteiger partial charge in [0.1, 0.15) is 4.90 Å². The second-order valence-electron chi connectivity index (χ2n) is 9.89. The molecule has 9 heteroatoms. The van der Waals surface area contributed by atoms with Crippen LogP contribution in [0.15, 0.2) is 90.5 Å². The largest absolute Gasteiger partial charge is 0.493 e. The summed E-state index contributed by atoms with van der Waals surface area (Å²) in [5.74, 6) is 1.51. The van der Waals surface area contributed by atoms with Crippen LogP contribution >= 0.6 is 0 Å². The van der Waals surface area contributed by atoms with E-state index < -0.39 is 10.0 Å². The molecule has 8 nitrogen and oxygen atoms in total. The third-order valence-corrected chi connectivity index (χ3v) is 8.71. The number of pyridine rings is 1. The van der Waals surface area contributed by atoms with E-state index in [-0.39, 0.29) is 10.9 Å². The van der Waals surface area contributed by atoms with Crippen molar-refractivity contribution in [1.82, 2.24) is 14.8 Å². The van der Waals surface area contributed by atoms with Crippen molar-refractivity contribution in [2.24, 2.45) is 0 Å². The van der Waals surface area contributed by atoms with Gasteiger partial charge in [0.15, 0.2) is 11.5 Å². The Hall–Kier alpha value is -4.08. The topological polar surface area (TPSA) is 84.0 Å². The van der Waals surface area contributed by atoms with Gasteiger partial charge in [-0.2, -0.15) is 0 Å². The number of nitrogens with zero attached hydrogens (tertiary/aromatic N) is 3. The minimum atomic E-state index is -3.81. The predicted octanol–water partition coefficient (Wildman–Crippen LogP) is 5.23. The number of anilines is 1. The second-order valence-corrected chi connectivity index (χ2v) is 11.5. The molecule has 1 aliphatic rings. The summed E-state index contributed by atoms with van der Waals surface area (Å²) in [7, 11) is -0.491. The first-order valence-corrected chi connectivity index (χ1v) is 14.6. The van der Waals surface area contributed by atoms with Gasteiger partial charge in [0.2, 0.25) is 0 Å². The molecule has 1 saturated heterocycles. The molecular weight excluding hydrogens is 524 g/mol. The SMILES string of the molecule is C=C(c1ccc(NS(=O)(=O)c2cccc3cccnc23)cc1)N1CCN(Cc2cccc(OC)c2OC)C[C@@H]1C. The van der Waals surface area contributed by atoms with E-state index in [4.69, 9.17) is 9.47 Å². The molecule has 0 amide bonds. The summed E-state index contributed by atoms with van der Waals surface area (Å²) in [6.07, 6.45) is 1.60. The van der Waals surface area contributed by atoms with Crippen LogP contribution in [0, 0.1) is 0 Å². The van der Waals surface area contributed by atoms with Gasteiger partial charge >= 0.3 is 0 Å². The normalized spacial score (nSPS) is 16.1. The Kier molecular flexibility index (Phi) is 7.95. The number of piperazine rings is 1. The molecule has 40 heavy (non-hydrogen) atoms. The fourth-order valence-electron chi connectivity index (χ4n) is 5.30. The molecule has 0 aliphatic carbocycles. The number of benzene rings is 3. The third-order valence-electron chi connectivity index (χ3n) is 7.29. The molecule has 208 valence electrons. The van der Waals surface area contributed by atoms with Crippen molar-refractivity contribution in [1.29, 1.82) is 0 Å². The van der Waals surface area contributed by atoms with Crippen molar-refractivity contribution < 1.29 is 17.9 Å². The van der Waals surface area contributed by atoms with Crippen LogP contribution in [0.1, 0.15) is 18.1 Å². The highest BCUT2D eigenvalue weighted by Gasteiger charge is 2.26. The van der Waals surface area contributed by atoms with E-state index in [1.165, 1.54) is 0 Å². The molecule has 1 N–H and O–H groups in total. The standard InChI is InChI=1S/C31H34N4O4S/c1-22-20-34(21-26-9-5-11-28(38-3)31(26)39-4)18-19-35(22)23(2)24-13-15-27(16-14-24)33-40(36,37)29-12-6-8-25-10-7-17-32-30(25)29/h5-17,22,33H,2,18-21H2,1,3-4H3/t22-/m0/s1. The molecule has 3 aromatic carbocycles. The van der Waals surface area contributed by atoms with E-state index >= 15 is 0 Å². The van der Waals surface area contributed by atoms with Crippen LogP contribution in [0.3, 0.4) is 0 Å². The average molecular weight is 559 g/mol. The molecule has 1 fully saturated rings. The maximum Gasteiger partial charge on any atom is 0.264 e. The number of para-hydroxylation sites is 2. The lowest BCUT2D eigenvalue weighted by Crippen LogP contribution is -2.50. The van der Waals surface area contributed by atoms with Crippen molar-refractivity contribution in [3.63, 3.8) is 0 Å². The molecule has 1 atom stereocenters. The molecule has 0 spiro atoms. The van der Waals surface area contributed by atoms with Crippen LogP contribution < -0.4 is 14.2 Å². The summed E-state index contributed by atoms with van der Waals surface area (Å²) in [5.41, 5.74) is 3.89. The number of nitrogens with one attached hydrogen (secondary N) is 1. The monoisotopic (exact) mass is 558 g/mol. The molecule has 5 rings (SSSR count). The van der Waals surface area contributed by atoms with Crippen LogP contribution in [-0.2, 0) is 16.6 Å². The van der Waals surface area contributed by atoms with E-state index in [1.54, 1.807) is 50.7 Å². The Balaban J connectivity index is 1.24. The maximum atomic E-state index is 13.2. The quantitative estimate of drug-likeness (QED) is 0.301. The van der Waals surface area contributed by atoms with Crippen LogP contribution in [0.2, 0.25) is 0 Å². The molecule has 0 radical (unpaired) electrons. The van der Waals surface area contributed by atoms with Crippen molar-refractivity contribution in [3.8, 4) is 11.5 Å². The van der Waals surface area contributed by atoms with Crippen molar-refractivity contribution in [2.45, 2.75) is 24.4 Å². The van der Waals surface area contributed by atoms with Gasteiger partial charge in [0.25, 0.3) is 10.0 Å². The first-order valence-electron chi connectivity index (χ1n) is 13.2. The molecule has 0 bridgehead atoms. The molecule has 1 aromatic heterocycles. The number of aromatic nitrogens is 1. The zero-order valence-electron chi connectivity index (χ0n) is 23.0. The Labute approximate surface area is 235 Å². The Morgan fingerprint density at radius 2 is 1.75 bits per heavy atom. The Morgan fingerprint density at radius 1 is 1.00 bits per heavy atom. The summed E-state index contributed by atoms with van der Waals surface area (Å²) in [6.45, 7) is 9.91. The number of sulfonamides is 1. The molecule has 2 heterocycles. The predicted molar refractivity (Wildman–Crippen MR) is 159 cm³/mol. The first-order chi connectivity index (χ1) is 19.3. The van der Waals surface area contributed by atoms with Gasteiger partial charge in [-0.3, -0.25) is 14.6 Å². The molecule has 0 saturated carbocycles. The fraction of sp³-hybridized carbons (Fsp3) is 0.258. The number of fused-ring (bicyclic) bond motifs is 1. The van der Waals surface area contributed by atoms with Crippen LogP contribution in [0.25, 0.3) is 16.6 Å². The van der Waals surface area contributed by atoms with E-state index in [2.05, 4.69) is 39.1 Å². The summed E-state index contributed by atoms with van der Waals surface area (Å²) in [4.78, 5) is 9.14. The number of hydrogen-bond donors (Lipinski definition) is 1. The van der Waals surface area contributed by atoms with E-state index in [0.717, 1.165) is 59.9 Å². The van der Waals surface area contributed by atoms with Crippen molar-refractivity contribution in [3.05, 3.63) is 96.7 Å². The van der Waals surface area contributed by atoms with Gasteiger partial charge in [-0.25, -0.2) is 8.42 Å². The smallest absolute Gasteiger partial charge is 0.264 e. The lowest BCUT2D eigenvalue weighted by molar-refractivity contribution is 0.122. The Morgan fingerprint density at radius 3 is 2.48 bits per heavy atom. The summed E-state index contributed by atoms with van der Waals surface area (Å²) < 4.78 is 40.1. The number of hydrogen-bond acceptors (Lipinski definition) is 7. The minimum Gasteiger partial charge on any atom is -0.493 e. The summed E-state index contributed by atoms with van der Waals surface area (Å²) >= 11 is 0. The number of rotatable bonds is 9. The number of ether oxygens (including phenoxy) is 2. The van der Waals surface area contributed by atoms with Gasteiger partial charge in [0, 0.05) is 60.8 Å². The average Bonchev–Trinajstić information content (AvgIpc) is 2.96. The van der Waals surface area contributed by atoms with Gasteiger partial charge in [-0.15, -0.1) is 0 Å². The van der Waals surface area contributed by atoms with Gasteiger partial charge in [-0.05, 0) is 42.8 Å². The highest BCUT2D eigenvalue weighted by atomic mass is 32.2. The van der Waals surface area contributed by atoms with Crippen molar-refractivity contribution >= 4 is 32.3 Å². The van der Waals surface area contributed by atoms with E-state index in [9.17, 15) is 8.42 Å². The molecule has 1 aliphatic heterocycles. The zero-order valence-corrected chi connectivity index (χ0v) is 23.8. The molecule has 0 unspecified atom stereocenters. The highest BCUT2D eigenvalue weighted by molar-refractivity contribution is 7.93. The van der Waals surface area contributed by atoms with Gasteiger partial charge in [0.05, 0.1) is 19.7 Å². The highest BCUT2D eigenvalue weighted by Crippen LogP contribution is 2.33. The Bertz CT molecular complexity index is 1620. The fourth-order valence-corrected chi connectivity index (χ4v) is 6.54. The molecule has 4 aromatic rings. The minimum absolute atomic E-state index is 0.150. The van der Waals surface area contributed by atoms with Crippen molar-refractivity contribution in [2.75, 3.05) is 38.6 Å². The summed E-state index contributed by atoms with van der Waals surface area (Å²) in [6, 6.07) is 22.3. The second kappa shape index (κ2) is 11.6. The number of methoxy groups -OCH3 is 2. The third kappa shape index (κ3) is 5.61. The van der Waals surface area contributed by atoms with E-state index in [0.29, 0.717) is 11.2 Å². The van der Waals surface area contributed by atoms with Crippen LogP contribution in [0.5, 0.6) is 11.5 Å². The summed E-state index contributed by atoms with van der Waals surface area (Å²) in [5, 5.41) is 0.772. The maximum absolute atomic E-state index is 13.2. The first kappa shape index (κ1) is 27.5. The van der Waals surface area contributed by atoms with Crippen LogP contribution in [-0.4, -0.2) is 63.1 Å². The van der Waals surface area contributed by atoms with Gasteiger partial charge in [-0.1, -0.05) is 49.0 Å².